The molecule has 5 aromatic rings. The molecule has 10 nitrogen and oxygen atoms in total. The van der Waals surface area contributed by atoms with Gasteiger partial charge in [-0.25, -0.2) is 22.2 Å². The minimum Gasteiger partial charge on any atom is -0.355 e. The monoisotopic (exact) mass is 883 g/mol. The first-order valence-corrected chi connectivity index (χ1v) is 23.5. The topological polar surface area (TPSA) is 141 Å². The number of hydrogen-bond donors (Lipinski definition) is 3. The van der Waals surface area contributed by atoms with Crippen molar-refractivity contribution in [3.63, 3.8) is 0 Å². The summed E-state index contributed by atoms with van der Waals surface area (Å²) in [4.78, 5) is 49.0. The van der Waals surface area contributed by atoms with Crippen molar-refractivity contribution in [1.29, 1.82) is 0 Å². The number of ketones is 2. The van der Waals surface area contributed by atoms with Gasteiger partial charge in [-0.2, -0.15) is 23.5 Å². The van der Waals surface area contributed by atoms with E-state index in [0.717, 1.165) is 42.0 Å². The molecular weight excluding hydrogens is 836 g/mol. The first kappa shape index (κ1) is 45.8. The molecule has 2 heterocycles. The summed E-state index contributed by atoms with van der Waals surface area (Å²) in [5.74, 6) is -2.75. The standard InChI is InChI=1S/C43H48ClF2N5O5S3/c1-4-28-5-7-29(8-6-28)9-14-34(52)23-32(27-58-20-18-51(2)3)43(54)47-17-19-57-21-22-59(55,56)50-38-16-15-37(45)39(40(38)46)41(53)36-26-49-42-35(36)24-31(25-48-42)30-10-12-33(44)13-11-30/h5-8,10-13,15-16,24-26,32,50H,4,9,14,17-23,27H2,1-3H3,(H,47,54)(H,48,49). The lowest BCUT2D eigenvalue weighted by Crippen LogP contribution is -2.35. The summed E-state index contributed by atoms with van der Waals surface area (Å²) in [5, 5.41) is 3.76. The molecule has 5 rings (SSSR count). The smallest absolute Gasteiger partial charge is 0.233 e. The summed E-state index contributed by atoms with van der Waals surface area (Å²) in [6.45, 7) is 3.20. The van der Waals surface area contributed by atoms with E-state index in [1.54, 1.807) is 48.3 Å². The number of amides is 1. The number of aromatic nitrogens is 2. The SMILES string of the molecule is CCc1ccc(CCC(=O)CC(CSCCN(C)C)C(=O)NCCSCCS(=O)(=O)Nc2ccc(F)c(C(=O)c3c[nH]c4ncc(-c5ccc(Cl)cc5)cc34)c2F)cc1. The Kier molecular flexibility index (Phi) is 16.9. The van der Waals surface area contributed by atoms with E-state index >= 15 is 8.78 Å². The van der Waals surface area contributed by atoms with Gasteiger partial charge >= 0.3 is 0 Å². The van der Waals surface area contributed by atoms with E-state index in [-0.39, 0.29) is 36.0 Å². The summed E-state index contributed by atoms with van der Waals surface area (Å²) in [6, 6.07) is 18.6. The van der Waals surface area contributed by atoms with Crippen molar-refractivity contribution < 1.29 is 31.6 Å². The average molecular weight is 885 g/mol. The van der Waals surface area contributed by atoms with Gasteiger partial charge in [-0.1, -0.05) is 54.9 Å². The molecule has 0 bridgehead atoms. The lowest BCUT2D eigenvalue weighted by atomic mass is 9.98. The van der Waals surface area contributed by atoms with Gasteiger partial charge in [0.15, 0.2) is 5.82 Å². The van der Waals surface area contributed by atoms with Gasteiger partial charge in [0, 0.05) is 82.9 Å². The van der Waals surface area contributed by atoms with Gasteiger partial charge in [0.2, 0.25) is 21.7 Å². The predicted molar refractivity (Wildman–Crippen MR) is 237 cm³/mol. The summed E-state index contributed by atoms with van der Waals surface area (Å²) < 4.78 is 59.0. The minimum absolute atomic E-state index is 0.0261. The molecule has 1 unspecified atom stereocenters. The van der Waals surface area contributed by atoms with Crippen LogP contribution in [-0.2, 0) is 32.5 Å². The van der Waals surface area contributed by atoms with Crippen LogP contribution < -0.4 is 10.0 Å². The Balaban J connectivity index is 1.12. The lowest BCUT2D eigenvalue weighted by molar-refractivity contribution is -0.128. The third kappa shape index (κ3) is 13.4. The fourth-order valence-electron chi connectivity index (χ4n) is 6.15. The van der Waals surface area contributed by atoms with Crippen LogP contribution in [0.4, 0.5) is 14.5 Å². The number of anilines is 1. The Morgan fingerprint density at radius 3 is 2.37 bits per heavy atom. The predicted octanol–water partition coefficient (Wildman–Crippen LogP) is 8.05. The van der Waals surface area contributed by atoms with Crippen molar-refractivity contribution in [2.45, 2.75) is 32.6 Å². The number of halogens is 3. The van der Waals surface area contributed by atoms with E-state index in [2.05, 4.69) is 44.0 Å². The minimum atomic E-state index is -4.12. The molecule has 0 saturated heterocycles. The molecule has 2 aromatic heterocycles. The molecule has 16 heteroatoms. The quantitative estimate of drug-likeness (QED) is 0.0439. The maximum absolute atomic E-state index is 15.8. The summed E-state index contributed by atoms with van der Waals surface area (Å²) in [7, 11) is -0.168. The second kappa shape index (κ2) is 21.8. The number of carbonyl (C=O) groups excluding carboxylic acids is 3. The second-order valence-electron chi connectivity index (χ2n) is 14.3. The molecule has 0 saturated carbocycles. The van der Waals surface area contributed by atoms with E-state index in [4.69, 9.17) is 11.6 Å². The highest BCUT2D eigenvalue weighted by molar-refractivity contribution is 8.00. The van der Waals surface area contributed by atoms with E-state index in [1.165, 1.54) is 23.5 Å². The number of sulfonamides is 1. The van der Waals surface area contributed by atoms with Gasteiger partial charge in [0.05, 0.1) is 22.9 Å². The Morgan fingerprint density at radius 2 is 1.66 bits per heavy atom. The molecule has 1 amide bonds. The maximum atomic E-state index is 15.8. The van der Waals surface area contributed by atoms with Crippen LogP contribution in [0.2, 0.25) is 5.02 Å². The molecular formula is C43H48ClF2N5O5S3. The number of benzene rings is 3. The Bertz CT molecular complexity index is 2340. The van der Waals surface area contributed by atoms with Crippen molar-refractivity contribution in [2.75, 3.05) is 60.7 Å². The van der Waals surface area contributed by atoms with Crippen molar-refractivity contribution in [1.82, 2.24) is 20.2 Å². The fourth-order valence-corrected chi connectivity index (χ4v) is 9.88. The Hall–Kier alpha value is -4.28. The number of Topliss-reactive ketones (excluding diaryl/α,β-unsaturated/α-hetero) is 1. The van der Waals surface area contributed by atoms with Crippen LogP contribution >= 0.6 is 35.1 Å². The van der Waals surface area contributed by atoms with Gasteiger partial charge in [0.1, 0.15) is 17.2 Å². The molecule has 0 aliphatic carbocycles. The van der Waals surface area contributed by atoms with Crippen LogP contribution in [-0.4, -0.2) is 96.7 Å². The van der Waals surface area contributed by atoms with Crippen molar-refractivity contribution in [2.24, 2.45) is 5.92 Å². The third-order valence-electron chi connectivity index (χ3n) is 9.55. The van der Waals surface area contributed by atoms with E-state index in [0.29, 0.717) is 46.0 Å². The fraction of sp³-hybridized carbons (Fsp3) is 0.349. The molecule has 59 heavy (non-hydrogen) atoms. The molecule has 3 N–H and O–H groups in total. The largest absolute Gasteiger partial charge is 0.355 e. The first-order chi connectivity index (χ1) is 28.2. The maximum Gasteiger partial charge on any atom is 0.233 e. The highest BCUT2D eigenvalue weighted by atomic mass is 35.5. The lowest BCUT2D eigenvalue weighted by Gasteiger charge is -2.17. The van der Waals surface area contributed by atoms with Crippen LogP contribution in [0.5, 0.6) is 0 Å². The number of nitrogens with one attached hydrogen (secondary N) is 3. The number of aromatic amines is 1. The molecule has 0 aliphatic rings. The zero-order valence-corrected chi connectivity index (χ0v) is 36.4. The molecule has 0 aliphatic heterocycles. The van der Waals surface area contributed by atoms with Crippen LogP contribution in [0, 0.1) is 17.6 Å². The number of aryl methyl sites for hydroxylation is 2. The average Bonchev–Trinajstić information content (AvgIpc) is 3.64. The third-order valence-corrected chi connectivity index (χ3v) is 13.4. The van der Waals surface area contributed by atoms with E-state index in [9.17, 15) is 22.8 Å². The first-order valence-electron chi connectivity index (χ1n) is 19.2. The molecule has 1 atom stereocenters. The molecule has 3 aromatic carbocycles. The van der Waals surface area contributed by atoms with Crippen LogP contribution in [0.1, 0.15) is 46.8 Å². The zero-order valence-electron chi connectivity index (χ0n) is 33.2. The highest BCUT2D eigenvalue weighted by Gasteiger charge is 2.27. The normalized spacial score (nSPS) is 12.2. The van der Waals surface area contributed by atoms with Gasteiger partial charge in [-0.15, -0.1) is 0 Å². The van der Waals surface area contributed by atoms with Gasteiger partial charge in [-0.3, -0.25) is 19.1 Å². The summed E-state index contributed by atoms with van der Waals surface area (Å²) in [5.41, 5.74) is 2.53. The van der Waals surface area contributed by atoms with E-state index in [1.807, 2.05) is 26.2 Å². The number of hydrogen-bond acceptors (Lipinski definition) is 9. The number of thioether (sulfide) groups is 2. The number of fused-ring (bicyclic) bond motifs is 1. The van der Waals surface area contributed by atoms with Crippen molar-refractivity contribution in [3.8, 4) is 11.1 Å². The number of pyridine rings is 1. The van der Waals surface area contributed by atoms with E-state index < -0.39 is 50.4 Å². The summed E-state index contributed by atoms with van der Waals surface area (Å²) in [6.07, 6.45) is 4.95. The number of carbonyl (C=O) groups is 3. The highest BCUT2D eigenvalue weighted by Crippen LogP contribution is 2.30. The van der Waals surface area contributed by atoms with Crippen LogP contribution in [0.15, 0.2) is 79.1 Å². The Morgan fingerprint density at radius 1 is 0.932 bits per heavy atom. The Labute approximate surface area is 357 Å². The van der Waals surface area contributed by atoms with Gasteiger partial charge in [0.25, 0.3) is 0 Å². The van der Waals surface area contributed by atoms with Crippen LogP contribution in [0.25, 0.3) is 22.2 Å². The van der Waals surface area contributed by atoms with Gasteiger partial charge in [-0.05, 0) is 74.0 Å². The van der Waals surface area contributed by atoms with Crippen molar-refractivity contribution in [3.05, 3.63) is 118 Å². The molecule has 0 radical (unpaired) electrons. The van der Waals surface area contributed by atoms with Crippen molar-refractivity contribution >= 4 is 79.3 Å². The second-order valence-corrected chi connectivity index (χ2v) is 18.9. The molecule has 0 spiro atoms. The zero-order chi connectivity index (χ0) is 42.5. The number of nitrogens with zero attached hydrogens (tertiary/aromatic N) is 2. The van der Waals surface area contributed by atoms with Gasteiger partial charge < -0.3 is 15.2 Å². The van der Waals surface area contributed by atoms with Crippen LogP contribution in [0.3, 0.4) is 0 Å². The number of rotatable bonds is 23. The number of H-pyrrole nitrogens is 1. The molecule has 0 fully saturated rings. The molecule has 314 valence electrons. The summed E-state index contributed by atoms with van der Waals surface area (Å²) >= 11 is 8.91.